The van der Waals surface area contributed by atoms with E-state index in [9.17, 15) is 0 Å². The van der Waals surface area contributed by atoms with Gasteiger partial charge in [-0.05, 0) is 24.3 Å². The second-order valence-electron chi connectivity index (χ2n) is 6.25. The van der Waals surface area contributed by atoms with Crippen molar-refractivity contribution < 1.29 is 4.74 Å². The van der Waals surface area contributed by atoms with Crippen molar-refractivity contribution in [3.05, 3.63) is 78.9 Å². The lowest BCUT2D eigenvalue weighted by atomic mass is 10.0. The Bertz CT molecular complexity index is 1240. The molecule has 0 amide bonds. The van der Waals surface area contributed by atoms with Gasteiger partial charge in [-0.1, -0.05) is 54.6 Å². The highest BCUT2D eigenvalue weighted by molar-refractivity contribution is 6.01. The number of hydrogen-bond donors (Lipinski definition) is 0. The van der Waals surface area contributed by atoms with Crippen molar-refractivity contribution in [1.82, 2.24) is 19.8 Å². The number of benzene rings is 3. The highest BCUT2D eigenvalue weighted by atomic mass is 16.5. The maximum atomic E-state index is 5.28. The molecule has 27 heavy (non-hydrogen) atoms. The molecule has 0 saturated carbocycles. The van der Waals surface area contributed by atoms with Gasteiger partial charge in [0.2, 0.25) is 0 Å². The summed E-state index contributed by atoms with van der Waals surface area (Å²) in [6, 6.07) is 26.1. The molecule has 5 nitrogen and oxygen atoms in total. The van der Waals surface area contributed by atoms with Gasteiger partial charge in [0.1, 0.15) is 5.75 Å². The Hall–Kier alpha value is -3.73. The standard InChI is InChI=1S/C22H16N4O/c1-27-17-13-11-15(12-14-17)20-18-9-5-6-10-19(18)22-24-23-21(26(22)25-20)16-7-3-2-4-8-16/h2-14H,1H3. The average Bonchev–Trinajstić information content (AvgIpc) is 3.18. The average molecular weight is 352 g/mol. The van der Waals surface area contributed by atoms with Crippen LogP contribution in [0.3, 0.4) is 0 Å². The second kappa shape index (κ2) is 6.21. The Kier molecular flexibility index (Phi) is 3.57. The van der Waals surface area contributed by atoms with Gasteiger partial charge < -0.3 is 4.74 Å². The molecule has 5 rings (SSSR count). The Morgan fingerprint density at radius 3 is 2.15 bits per heavy atom. The van der Waals surface area contributed by atoms with Gasteiger partial charge in [-0.3, -0.25) is 0 Å². The van der Waals surface area contributed by atoms with Crippen LogP contribution in [0.5, 0.6) is 5.75 Å². The molecular weight excluding hydrogens is 336 g/mol. The van der Waals surface area contributed by atoms with Crippen molar-refractivity contribution in [3.8, 4) is 28.4 Å². The molecule has 130 valence electrons. The topological polar surface area (TPSA) is 52.3 Å². The fraction of sp³-hybridized carbons (Fsp3) is 0.0455. The molecule has 0 saturated heterocycles. The lowest BCUT2D eigenvalue weighted by molar-refractivity contribution is 0.415. The van der Waals surface area contributed by atoms with Crippen LogP contribution in [0.15, 0.2) is 78.9 Å². The van der Waals surface area contributed by atoms with E-state index in [-0.39, 0.29) is 0 Å². The number of rotatable bonds is 3. The van der Waals surface area contributed by atoms with Gasteiger partial charge in [0, 0.05) is 21.9 Å². The predicted molar refractivity (Wildman–Crippen MR) is 106 cm³/mol. The third kappa shape index (κ3) is 2.52. The van der Waals surface area contributed by atoms with E-state index in [1.165, 1.54) is 0 Å². The van der Waals surface area contributed by atoms with Crippen LogP contribution in [0.1, 0.15) is 0 Å². The Morgan fingerprint density at radius 1 is 0.704 bits per heavy atom. The number of methoxy groups -OCH3 is 1. The van der Waals surface area contributed by atoms with Gasteiger partial charge in [0.25, 0.3) is 0 Å². The minimum atomic E-state index is 0.728. The Balaban J connectivity index is 1.83. The van der Waals surface area contributed by atoms with Gasteiger partial charge in [0.05, 0.1) is 12.8 Å². The summed E-state index contributed by atoms with van der Waals surface area (Å²) >= 11 is 0. The zero-order chi connectivity index (χ0) is 18.2. The molecule has 0 N–H and O–H groups in total. The number of hydrogen-bond acceptors (Lipinski definition) is 4. The highest BCUT2D eigenvalue weighted by Gasteiger charge is 2.16. The van der Waals surface area contributed by atoms with Crippen LogP contribution in [0.4, 0.5) is 0 Å². The van der Waals surface area contributed by atoms with Crippen LogP contribution in [0.2, 0.25) is 0 Å². The molecule has 0 fully saturated rings. The third-order valence-corrected chi connectivity index (χ3v) is 4.66. The smallest absolute Gasteiger partial charge is 0.186 e. The van der Waals surface area contributed by atoms with Crippen LogP contribution in [0.25, 0.3) is 39.1 Å². The lowest BCUT2D eigenvalue weighted by Crippen LogP contribution is -1.99. The first-order valence-electron chi connectivity index (χ1n) is 8.69. The monoisotopic (exact) mass is 352 g/mol. The minimum Gasteiger partial charge on any atom is -0.497 e. The first-order chi connectivity index (χ1) is 13.3. The van der Waals surface area contributed by atoms with E-state index < -0.39 is 0 Å². The first kappa shape index (κ1) is 15.5. The van der Waals surface area contributed by atoms with Crippen LogP contribution < -0.4 is 4.74 Å². The fourth-order valence-electron chi connectivity index (χ4n) is 3.31. The summed E-state index contributed by atoms with van der Waals surface area (Å²) in [4.78, 5) is 0. The summed E-state index contributed by atoms with van der Waals surface area (Å²) < 4.78 is 7.11. The van der Waals surface area contributed by atoms with E-state index in [4.69, 9.17) is 9.84 Å². The molecule has 2 heterocycles. The number of fused-ring (bicyclic) bond motifs is 3. The van der Waals surface area contributed by atoms with E-state index in [0.29, 0.717) is 0 Å². The molecule has 5 aromatic rings. The van der Waals surface area contributed by atoms with Crippen LogP contribution >= 0.6 is 0 Å². The van der Waals surface area contributed by atoms with Gasteiger partial charge in [-0.2, -0.15) is 9.61 Å². The van der Waals surface area contributed by atoms with E-state index in [1.54, 1.807) is 7.11 Å². The molecule has 0 spiro atoms. The minimum absolute atomic E-state index is 0.728. The molecular formula is C22H16N4O. The molecule has 3 aromatic carbocycles. The maximum absolute atomic E-state index is 5.28. The molecule has 2 aromatic heterocycles. The molecule has 0 radical (unpaired) electrons. The van der Waals surface area contributed by atoms with Crippen molar-refractivity contribution in [1.29, 1.82) is 0 Å². The summed E-state index contributed by atoms with van der Waals surface area (Å²) in [5.74, 6) is 1.55. The van der Waals surface area contributed by atoms with Gasteiger partial charge in [-0.15, -0.1) is 10.2 Å². The van der Waals surface area contributed by atoms with E-state index in [0.717, 1.165) is 44.8 Å². The van der Waals surface area contributed by atoms with Gasteiger partial charge in [-0.25, -0.2) is 0 Å². The second-order valence-corrected chi connectivity index (χ2v) is 6.25. The molecule has 5 heteroatoms. The summed E-state index contributed by atoms with van der Waals surface area (Å²) in [5, 5.41) is 15.8. The fourth-order valence-corrected chi connectivity index (χ4v) is 3.31. The largest absolute Gasteiger partial charge is 0.497 e. The number of aromatic nitrogens is 4. The maximum Gasteiger partial charge on any atom is 0.186 e. The van der Waals surface area contributed by atoms with Crippen molar-refractivity contribution in [2.45, 2.75) is 0 Å². The van der Waals surface area contributed by atoms with Gasteiger partial charge in [0.15, 0.2) is 11.5 Å². The van der Waals surface area contributed by atoms with Gasteiger partial charge >= 0.3 is 0 Å². The van der Waals surface area contributed by atoms with E-state index in [1.807, 2.05) is 71.2 Å². The molecule has 0 unspecified atom stereocenters. The summed E-state index contributed by atoms with van der Waals surface area (Å²) in [5.41, 5.74) is 3.63. The van der Waals surface area contributed by atoms with E-state index >= 15 is 0 Å². The summed E-state index contributed by atoms with van der Waals surface area (Å²) in [6.45, 7) is 0. The van der Waals surface area contributed by atoms with Crippen molar-refractivity contribution in [3.63, 3.8) is 0 Å². The predicted octanol–water partition coefficient (Wildman–Crippen LogP) is 4.62. The quantitative estimate of drug-likeness (QED) is 0.475. The lowest BCUT2D eigenvalue weighted by Gasteiger charge is -2.09. The molecule has 0 aliphatic carbocycles. The molecule has 0 bridgehead atoms. The van der Waals surface area contributed by atoms with Crippen molar-refractivity contribution in [2.24, 2.45) is 0 Å². The summed E-state index contributed by atoms with van der Waals surface area (Å²) in [6.07, 6.45) is 0. The summed E-state index contributed by atoms with van der Waals surface area (Å²) in [7, 11) is 1.66. The van der Waals surface area contributed by atoms with Crippen molar-refractivity contribution in [2.75, 3.05) is 7.11 Å². The third-order valence-electron chi connectivity index (χ3n) is 4.66. The zero-order valence-electron chi connectivity index (χ0n) is 14.7. The highest BCUT2D eigenvalue weighted by Crippen LogP contribution is 2.31. The molecule has 0 aliphatic heterocycles. The van der Waals surface area contributed by atoms with E-state index in [2.05, 4.69) is 22.3 Å². The SMILES string of the molecule is COc1ccc(-c2nn3c(-c4ccccc4)nnc3c3ccccc23)cc1. The number of ether oxygens (including phenoxy) is 1. The molecule has 0 atom stereocenters. The zero-order valence-corrected chi connectivity index (χ0v) is 14.7. The van der Waals surface area contributed by atoms with Crippen LogP contribution in [0, 0.1) is 0 Å². The number of nitrogens with zero attached hydrogens (tertiary/aromatic N) is 4. The normalized spacial score (nSPS) is 11.1. The van der Waals surface area contributed by atoms with Crippen LogP contribution in [-0.2, 0) is 0 Å². The Labute approximate surface area is 155 Å². The van der Waals surface area contributed by atoms with Crippen LogP contribution in [-0.4, -0.2) is 26.9 Å². The van der Waals surface area contributed by atoms with Crippen molar-refractivity contribution >= 4 is 16.4 Å². The first-order valence-corrected chi connectivity index (χ1v) is 8.69. The Morgan fingerprint density at radius 2 is 1.41 bits per heavy atom. The molecule has 0 aliphatic rings.